The van der Waals surface area contributed by atoms with E-state index in [0.29, 0.717) is 10.8 Å². The van der Waals surface area contributed by atoms with Crippen LogP contribution in [0.3, 0.4) is 0 Å². The Hall–Kier alpha value is -1.91. The highest BCUT2D eigenvalue weighted by Gasteiger charge is 2.17. The Bertz CT molecular complexity index is 627. The molecule has 0 aliphatic heterocycles. The molecule has 98 valence electrons. The van der Waals surface area contributed by atoms with E-state index in [4.69, 9.17) is 38.8 Å². The van der Waals surface area contributed by atoms with Gasteiger partial charge in [0.25, 0.3) is 0 Å². The molecule has 0 unspecified atom stereocenters. The smallest absolute Gasteiger partial charge is 0.339 e. The molecular formula is C13H9Cl2NO3. The Kier molecular flexibility index (Phi) is 3.83. The Balaban J connectivity index is 2.44. The molecule has 0 heterocycles. The van der Waals surface area contributed by atoms with Gasteiger partial charge in [0.15, 0.2) is 5.75 Å². The molecule has 0 bridgehead atoms. The molecule has 0 aliphatic carbocycles. The summed E-state index contributed by atoms with van der Waals surface area (Å²) in [5.74, 6) is -0.692. The molecule has 2 aromatic carbocycles. The zero-order chi connectivity index (χ0) is 14.0. The number of hydrogen-bond donors (Lipinski definition) is 2. The molecule has 19 heavy (non-hydrogen) atoms. The Morgan fingerprint density at radius 3 is 2.37 bits per heavy atom. The monoisotopic (exact) mass is 297 g/mol. The first kappa shape index (κ1) is 13.5. The molecule has 0 aromatic heterocycles. The zero-order valence-corrected chi connectivity index (χ0v) is 11.1. The third-order valence-corrected chi connectivity index (χ3v) is 2.86. The number of carbonyl (C=O) groups is 1. The highest BCUT2D eigenvalue weighted by atomic mass is 35.5. The minimum absolute atomic E-state index is 0.0469. The second-order valence-electron chi connectivity index (χ2n) is 3.74. The summed E-state index contributed by atoms with van der Waals surface area (Å²) in [4.78, 5) is 11.2. The summed E-state index contributed by atoms with van der Waals surface area (Å²) in [5, 5.41) is 9.80. The number of halogens is 2. The van der Waals surface area contributed by atoms with Gasteiger partial charge in [0, 0.05) is 10.7 Å². The van der Waals surface area contributed by atoms with Gasteiger partial charge < -0.3 is 15.6 Å². The average molecular weight is 298 g/mol. The molecule has 3 N–H and O–H groups in total. The van der Waals surface area contributed by atoms with E-state index < -0.39 is 5.97 Å². The molecule has 6 heteroatoms. The Morgan fingerprint density at radius 2 is 1.79 bits per heavy atom. The van der Waals surface area contributed by atoms with Gasteiger partial charge in [-0.05, 0) is 36.4 Å². The topological polar surface area (TPSA) is 72.5 Å². The lowest BCUT2D eigenvalue weighted by Crippen LogP contribution is -2.02. The summed E-state index contributed by atoms with van der Waals surface area (Å²) in [7, 11) is 0. The summed E-state index contributed by atoms with van der Waals surface area (Å²) < 4.78 is 5.48. The Morgan fingerprint density at radius 1 is 1.16 bits per heavy atom. The largest absolute Gasteiger partial charge is 0.478 e. The Labute approximate surface area is 119 Å². The van der Waals surface area contributed by atoms with Crippen LogP contribution < -0.4 is 10.5 Å². The summed E-state index contributed by atoms with van der Waals surface area (Å²) in [6.07, 6.45) is 0. The second kappa shape index (κ2) is 5.38. The number of hydrogen-bond acceptors (Lipinski definition) is 3. The average Bonchev–Trinajstić information content (AvgIpc) is 2.34. The normalized spacial score (nSPS) is 10.2. The summed E-state index contributed by atoms with van der Waals surface area (Å²) in [5.41, 5.74) is 5.72. The molecule has 0 saturated carbocycles. The zero-order valence-electron chi connectivity index (χ0n) is 9.56. The van der Waals surface area contributed by atoms with Crippen molar-refractivity contribution in [2.75, 3.05) is 5.73 Å². The van der Waals surface area contributed by atoms with Crippen LogP contribution in [-0.4, -0.2) is 11.1 Å². The number of aromatic carboxylic acids is 1. The van der Waals surface area contributed by atoms with E-state index in [0.717, 1.165) is 0 Å². The molecule has 0 amide bonds. The van der Waals surface area contributed by atoms with Gasteiger partial charge in [-0.1, -0.05) is 23.2 Å². The maximum atomic E-state index is 11.2. The van der Waals surface area contributed by atoms with Crippen LogP contribution in [0.5, 0.6) is 11.5 Å². The number of carboxylic acid groups (broad SMARTS) is 1. The van der Waals surface area contributed by atoms with Gasteiger partial charge in [0.1, 0.15) is 11.3 Å². The van der Waals surface area contributed by atoms with Gasteiger partial charge in [0.05, 0.1) is 5.02 Å². The fourth-order valence-electron chi connectivity index (χ4n) is 1.50. The van der Waals surface area contributed by atoms with E-state index in [1.54, 1.807) is 24.3 Å². The van der Waals surface area contributed by atoms with Crippen LogP contribution in [0.4, 0.5) is 5.69 Å². The lowest BCUT2D eigenvalue weighted by molar-refractivity contribution is 0.0694. The van der Waals surface area contributed by atoms with Gasteiger partial charge in [0.2, 0.25) is 0 Å². The van der Waals surface area contributed by atoms with Crippen molar-refractivity contribution in [2.45, 2.75) is 0 Å². The van der Waals surface area contributed by atoms with Crippen LogP contribution in [0, 0.1) is 0 Å². The van der Waals surface area contributed by atoms with Gasteiger partial charge in [-0.2, -0.15) is 0 Å². The van der Waals surface area contributed by atoms with Crippen LogP contribution in [0.15, 0.2) is 36.4 Å². The predicted molar refractivity (Wildman–Crippen MR) is 74.3 cm³/mol. The van der Waals surface area contributed by atoms with Crippen molar-refractivity contribution in [3.05, 3.63) is 52.0 Å². The second-order valence-corrected chi connectivity index (χ2v) is 4.58. The molecule has 0 radical (unpaired) electrons. The molecule has 0 saturated heterocycles. The van der Waals surface area contributed by atoms with E-state index in [-0.39, 0.29) is 22.0 Å². The predicted octanol–water partition coefficient (Wildman–Crippen LogP) is 4.07. The van der Waals surface area contributed by atoms with Crippen LogP contribution in [-0.2, 0) is 0 Å². The fraction of sp³-hybridized carbons (Fsp3) is 0. The van der Waals surface area contributed by atoms with E-state index in [9.17, 15) is 4.79 Å². The lowest BCUT2D eigenvalue weighted by atomic mass is 10.2. The number of benzene rings is 2. The number of ether oxygens (including phenoxy) is 1. The first-order chi connectivity index (χ1) is 8.97. The fourth-order valence-corrected chi connectivity index (χ4v) is 1.89. The van der Waals surface area contributed by atoms with Crippen molar-refractivity contribution in [1.29, 1.82) is 0 Å². The molecule has 0 aliphatic rings. The van der Waals surface area contributed by atoms with Crippen molar-refractivity contribution >= 4 is 34.9 Å². The van der Waals surface area contributed by atoms with Gasteiger partial charge >= 0.3 is 5.97 Å². The standard InChI is InChI=1S/C13H9Cl2NO3/c14-7-1-3-9(4-2-7)19-12-10(13(17)18)5-8(16)6-11(12)15/h1-6H,16H2,(H,17,18). The number of anilines is 1. The van der Waals surface area contributed by atoms with E-state index >= 15 is 0 Å². The number of nitrogen functional groups attached to an aromatic ring is 1. The maximum absolute atomic E-state index is 11.2. The summed E-state index contributed by atoms with van der Waals surface area (Å²) >= 11 is 11.7. The number of carboxylic acids is 1. The van der Waals surface area contributed by atoms with Crippen molar-refractivity contribution in [3.8, 4) is 11.5 Å². The van der Waals surface area contributed by atoms with Crippen molar-refractivity contribution < 1.29 is 14.6 Å². The maximum Gasteiger partial charge on any atom is 0.339 e. The molecule has 2 aromatic rings. The van der Waals surface area contributed by atoms with Crippen LogP contribution in [0.25, 0.3) is 0 Å². The molecule has 0 atom stereocenters. The highest BCUT2D eigenvalue weighted by Crippen LogP contribution is 2.35. The third-order valence-electron chi connectivity index (χ3n) is 2.33. The van der Waals surface area contributed by atoms with Gasteiger partial charge in [-0.25, -0.2) is 4.79 Å². The number of rotatable bonds is 3. The minimum Gasteiger partial charge on any atom is -0.478 e. The molecule has 2 rings (SSSR count). The SMILES string of the molecule is Nc1cc(Cl)c(Oc2ccc(Cl)cc2)c(C(=O)O)c1. The molecule has 0 spiro atoms. The van der Waals surface area contributed by atoms with Crippen LogP contribution in [0.1, 0.15) is 10.4 Å². The summed E-state index contributed by atoms with van der Waals surface area (Å²) in [6.45, 7) is 0. The quantitative estimate of drug-likeness (QED) is 0.838. The van der Waals surface area contributed by atoms with Crippen molar-refractivity contribution in [3.63, 3.8) is 0 Å². The van der Waals surface area contributed by atoms with Crippen LogP contribution >= 0.6 is 23.2 Å². The van der Waals surface area contributed by atoms with Gasteiger partial charge in [-0.3, -0.25) is 0 Å². The van der Waals surface area contributed by atoms with E-state index in [2.05, 4.69) is 0 Å². The molecular weight excluding hydrogens is 289 g/mol. The lowest BCUT2D eigenvalue weighted by Gasteiger charge is -2.11. The first-order valence-corrected chi connectivity index (χ1v) is 5.98. The van der Waals surface area contributed by atoms with Gasteiger partial charge in [-0.15, -0.1) is 0 Å². The van der Waals surface area contributed by atoms with Crippen molar-refractivity contribution in [1.82, 2.24) is 0 Å². The first-order valence-electron chi connectivity index (χ1n) is 5.23. The summed E-state index contributed by atoms with van der Waals surface area (Å²) in [6, 6.07) is 9.20. The minimum atomic E-state index is -1.17. The van der Waals surface area contributed by atoms with Crippen molar-refractivity contribution in [2.24, 2.45) is 0 Å². The molecule has 4 nitrogen and oxygen atoms in total. The van der Waals surface area contributed by atoms with E-state index in [1.807, 2.05) is 0 Å². The number of nitrogens with two attached hydrogens (primary N) is 1. The van der Waals surface area contributed by atoms with E-state index in [1.165, 1.54) is 12.1 Å². The molecule has 0 fully saturated rings. The van der Waals surface area contributed by atoms with Crippen LogP contribution in [0.2, 0.25) is 10.0 Å². The highest BCUT2D eigenvalue weighted by molar-refractivity contribution is 6.33. The third kappa shape index (κ3) is 3.10.